The van der Waals surface area contributed by atoms with Crippen molar-refractivity contribution in [2.24, 2.45) is 11.8 Å². The average molecular weight is 295 g/mol. The van der Waals surface area contributed by atoms with E-state index in [2.05, 4.69) is 30.0 Å². The minimum Gasteiger partial charge on any atom is -0.299 e. The van der Waals surface area contributed by atoms with Gasteiger partial charge in [0, 0.05) is 18.0 Å². The van der Waals surface area contributed by atoms with E-state index in [0.717, 1.165) is 17.9 Å². The molecule has 0 aromatic heterocycles. The second kappa shape index (κ2) is 4.84. The first kappa shape index (κ1) is 13.6. The predicted molar refractivity (Wildman–Crippen MR) is 91.2 cm³/mol. The van der Waals surface area contributed by atoms with E-state index in [1.807, 2.05) is 0 Å². The fourth-order valence-corrected chi connectivity index (χ4v) is 6.06. The van der Waals surface area contributed by atoms with Crippen LogP contribution < -0.4 is 0 Å². The molecule has 1 saturated heterocycles. The van der Waals surface area contributed by atoms with Crippen molar-refractivity contribution in [1.29, 1.82) is 0 Å². The molecule has 1 aromatic rings. The molecule has 2 saturated carbocycles. The van der Waals surface area contributed by atoms with Crippen molar-refractivity contribution >= 4 is 0 Å². The Hall–Kier alpha value is -0.820. The quantitative estimate of drug-likeness (QED) is 0.778. The maximum atomic E-state index is 2.91. The van der Waals surface area contributed by atoms with Gasteiger partial charge in [-0.2, -0.15) is 0 Å². The van der Waals surface area contributed by atoms with Crippen molar-refractivity contribution in [3.63, 3.8) is 0 Å². The summed E-state index contributed by atoms with van der Waals surface area (Å²) in [5, 5.41) is 0. The number of hydrogen-bond donors (Lipinski definition) is 0. The van der Waals surface area contributed by atoms with E-state index >= 15 is 0 Å². The number of nitrogens with zero attached hydrogens (tertiary/aromatic N) is 1. The van der Waals surface area contributed by atoms with Gasteiger partial charge in [0.25, 0.3) is 0 Å². The SMILES string of the molecule is Cc1ccc2c(c1)C13CCCCC1C(C2)N(CC1CC1)CC3. The van der Waals surface area contributed by atoms with E-state index in [9.17, 15) is 0 Å². The van der Waals surface area contributed by atoms with Crippen LogP contribution in [0.1, 0.15) is 61.6 Å². The van der Waals surface area contributed by atoms with Gasteiger partial charge < -0.3 is 0 Å². The summed E-state index contributed by atoms with van der Waals surface area (Å²) in [6.45, 7) is 5.05. The zero-order chi connectivity index (χ0) is 14.7. The molecule has 0 radical (unpaired) electrons. The predicted octanol–water partition coefficient (Wildman–Crippen LogP) is 4.46. The number of likely N-dealkylation sites (tertiary alicyclic amines) is 1. The molecule has 0 amide bonds. The molecule has 3 fully saturated rings. The third-order valence-electron chi connectivity index (χ3n) is 7.30. The topological polar surface area (TPSA) is 3.24 Å². The Kier molecular flexibility index (Phi) is 2.99. The van der Waals surface area contributed by atoms with Crippen LogP contribution in [0.15, 0.2) is 18.2 Å². The lowest BCUT2D eigenvalue weighted by molar-refractivity contribution is -0.0134. The fraction of sp³-hybridized carbons (Fsp3) is 0.714. The molecule has 1 aliphatic heterocycles. The zero-order valence-electron chi connectivity index (χ0n) is 14.0. The van der Waals surface area contributed by atoms with Gasteiger partial charge in [-0.05, 0) is 75.0 Å². The molecule has 1 aromatic carbocycles. The highest BCUT2D eigenvalue weighted by atomic mass is 15.2. The first-order valence-corrected chi connectivity index (χ1v) is 9.60. The van der Waals surface area contributed by atoms with Crippen molar-refractivity contribution in [2.75, 3.05) is 13.1 Å². The van der Waals surface area contributed by atoms with Crippen LogP contribution in [0.3, 0.4) is 0 Å². The van der Waals surface area contributed by atoms with Crippen molar-refractivity contribution < 1.29 is 0 Å². The van der Waals surface area contributed by atoms with E-state index in [1.165, 1.54) is 70.0 Å². The summed E-state index contributed by atoms with van der Waals surface area (Å²) in [7, 11) is 0. The summed E-state index contributed by atoms with van der Waals surface area (Å²) in [5.74, 6) is 1.98. The highest BCUT2D eigenvalue weighted by molar-refractivity contribution is 5.43. The van der Waals surface area contributed by atoms with Gasteiger partial charge in [0.2, 0.25) is 0 Å². The summed E-state index contributed by atoms with van der Waals surface area (Å²) in [6, 6.07) is 8.22. The highest BCUT2D eigenvalue weighted by Crippen LogP contribution is 2.56. The Balaban J connectivity index is 1.58. The second-order valence-electron chi connectivity index (χ2n) is 8.63. The molecule has 0 spiro atoms. The van der Waals surface area contributed by atoms with Crippen LogP contribution in [0.2, 0.25) is 0 Å². The molecule has 0 N–H and O–H groups in total. The minimum atomic E-state index is 0.544. The van der Waals surface area contributed by atoms with E-state index in [1.54, 1.807) is 11.1 Å². The standard InChI is InChI=1S/C21H29N/c1-15-5-8-17-13-20-18-4-2-3-9-21(18,19(17)12-15)10-11-22(20)14-16-6-7-16/h5,8,12,16,18,20H,2-4,6-7,9-11,13-14H2,1H3. The van der Waals surface area contributed by atoms with Crippen LogP contribution in [-0.4, -0.2) is 24.0 Å². The Morgan fingerprint density at radius 2 is 2.05 bits per heavy atom. The summed E-state index contributed by atoms with van der Waals surface area (Å²) >= 11 is 0. The van der Waals surface area contributed by atoms with E-state index in [0.29, 0.717) is 5.41 Å². The Morgan fingerprint density at radius 3 is 2.91 bits per heavy atom. The normalized spacial score (nSPS) is 37.5. The summed E-state index contributed by atoms with van der Waals surface area (Å²) in [5.41, 5.74) is 5.47. The number of benzene rings is 1. The van der Waals surface area contributed by atoms with Gasteiger partial charge >= 0.3 is 0 Å². The van der Waals surface area contributed by atoms with E-state index < -0.39 is 0 Å². The summed E-state index contributed by atoms with van der Waals surface area (Å²) in [6.07, 6.45) is 11.6. The zero-order valence-corrected chi connectivity index (χ0v) is 14.0. The van der Waals surface area contributed by atoms with Crippen molar-refractivity contribution in [3.8, 4) is 0 Å². The third-order valence-corrected chi connectivity index (χ3v) is 7.30. The maximum Gasteiger partial charge on any atom is 0.0173 e. The molecule has 1 heterocycles. The third kappa shape index (κ3) is 1.94. The van der Waals surface area contributed by atoms with Gasteiger partial charge in [-0.25, -0.2) is 0 Å². The van der Waals surface area contributed by atoms with Gasteiger partial charge in [-0.1, -0.05) is 36.6 Å². The van der Waals surface area contributed by atoms with Crippen LogP contribution in [0.4, 0.5) is 0 Å². The molecule has 118 valence electrons. The smallest absolute Gasteiger partial charge is 0.0173 e. The minimum absolute atomic E-state index is 0.544. The number of rotatable bonds is 2. The Morgan fingerprint density at radius 1 is 1.14 bits per heavy atom. The number of hydrogen-bond acceptors (Lipinski definition) is 1. The van der Waals surface area contributed by atoms with E-state index in [4.69, 9.17) is 0 Å². The molecule has 1 heteroatoms. The van der Waals surface area contributed by atoms with Crippen LogP contribution in [0.5, 0.6) is 0 Å². The largest absolute Gasteiger partial charge is 0.299 e. The molecule has 3 atom stereocenters. The van der Waals surface area contributed by atoms with Gasteiger partial charge in [0.05, 0.1) is 0 Å². The number of aryl methyl sites for hydroxylation is 1. The monoisotopic (exact) mass is 295 g/mol. The van der Waals surface area contributed by atoms with Crippen molar-refractivity contribution in [1.82, 2.24) is 4.90 Å². The van der Waals surface area contributed by atoms with Crippen molar-refractivity contribution in [3.05, 3.63) is 34.9 Å². The Labute approximate surface area is 135 Å². The maximum absolute atomic E-state index is 2.91. The van der Waals surface area contributed by atoms with Gasteiger partial charge in [-0.15, -0.1) is 0 Å². The van der Waals surface area contributed by atoms with Gasteiger partial charge in [0.1, 0.15) is 0 Å². The first-order chi connectivity index (χ1) is 10.8. The number of piperidine rings is 1. The lowest BCUT2D eigenvalue weighted by Crippen LogP contribution is -2.61. The molecule has 3 aliphatic carbocycles. The molecular formula is C21H29N. The molecule has 4 aliphatic rings. The van der Waals surface area contributed by atoms with Gasteiger partial charge in [-0.3, -0.25) is 4.90 Å². The van der Waals surface area contributed by atoms with Crippen LogP contribution in [0, 0.1) is 18.8 Å². The molecule has 5 rings (SSSR count). The van der Waals surface area contributed by atoms with Crippen molar-refractivity contribution in [2.45, 2.75) is 69.7 Å². The van der Waals surface area contributed by atoms with Gasteiger partial charge in [0.15, 0.2) is 0 Å². The molecule has 2 bridgehead atoms. The Bertz CT molecular complexity index is 588. The lowest BCUT2D eigenvalue weighted by Gasteiger charge is -2.59. The highest BCUT2D eigenvalue weighted by Gasteiger charge is 2.53. The first-order valence-electron chi connectivity index (χ1n) is 9.60. The fourth-order valence-electron chi connectivity index (χ4n) is 6.06. The molecular weight excluding hydrogens is 266 g/mol. The van der Waals surface area contributed by atoms with E-state index in [-0.39, 0.29) is 0 Å². The molecule has 1 nitrogen and oxygen atoms in total. The molecule has 3 unspecified atom stereocenters. The van der Waals surface area contributed by atoms with Crippen LogP contribution in [-0.2, 0) is 11.8 Å². The average Bonchev–Trinajstić information content (AvgIpc) is 3.35. The van der Waals surface area contributed by atoms with Crippen LogP contribution in [0.25, 0.3) is 0 Å². The lowest BCUT2D eigenvalue weighted by atomic mass is 9.52. The number of fused-ring (bicyclic) bond motifs is 1. The summed E-state index contributed by atoms with van der Waals surface area (Å²) in [4.78, 5) is 2.91. The summed E-state index contributed by atoms with van der Waals surface area (Å²) < 4.78 is 0. The molecule has 22 heavy (non-hydrogen) atoms. The second-order valence-corrected chi connectivity index (χ2v) is 8.63. The van der Waals surface area contributed by atoms with Crippen LogP contribution >= 0.6 is 0 Å².